The van der Waals surface area contributed by atoms with E-state index in [0.29, 0.717) is 11.3 Å². The zero-order valence-electron chi connectivity index (χ0n) is 10.3. The van der Waals surface area contributed by atoms with Gasteiger partial charge in [0.15, 0.2) is 5.75 Å². The first-order valence-corrected chi connectivity index (χ1v) is 5.68. The van der Waals surface area contributed by atoms with E-state index in [9.17, 15) is 4.79 Å². The average Bonchev–Trinajstić information content (AvgIpc) is 2.37. The van der Waals surface area contributed by atoms with Crippen LogP contribution in [-0.2, 0) is 4.89 Å². The Morgan fingerprint density at radius 1 is 1.00 bits per heavy atom. The number of aryl methyl sites for hydroxylation is 2. The third-order valence-electron chi connectivity index (χ3n) is 2.57. The SMILES string of the molecule is Cc1cccc(OOC(=O)c2ccccc2C)c1. The molecule has 0 aromatic heterocycles. The van der Waals surface area contributed by atoms with Gasteiger partial charge in [0.1, 0.15) is 0 Å². The van der Waals surface area contributed by atoms with Gasteiger partial charge < -0.3 is 0 Å². The predicted octanol–water partition coefficient (Wildman–Crippen LogP) is 3.45. The Kier molecular flexibility index (Phi) is 3.63. The number of benzene rings is 2. The zero-order valence-corrected chi connectivity index (χ0v) is 10.3. The molecule has 0 heterocycles. The second-order valence-corrected chi connectivity index (χ2v) is 4.09. The summed E-state index contributed by atoms with van der Waals surface area (Å²) in [5.74, 6) is 0.0199. The van der Waals surface area contributed by atoms with Gasteiger partial charge in [0.05, 0.1) is 5.56 Å². The highest BCUT2D eigenvalue weighted by atomic mass is 17.2. The fourth-order valence-electron chi connectivity index (χ4n) is 1.60. The highest BCUT2D eigenvalue weighted by Crippen LogP contribution is 2.14. The summed E-state index contributed by atoms with van der Waals surface area (Å²) in [6, 6.07) is 14.5. The third-order valence-corrected chi connectivity index (χ3v) is 2.57. The van der Waals surface area contributed by atoms with E-state index in [2.05, 4.69) is 0 Å². The summed E-state index contributed by atoms with van der Waals surface area (Å²) < 4.78 is 0. The lowest BCUT2D eigenvalue weighted by atomic mass is 10.1. The van der Waals surface area contributed by atoms with Crippen molar-refractivity contribution < 1.29 is 14.6 Å². The maximum atomic E-state index is 11.8. The van der Waals surface area contributed by atoms with Gasteiger partial charge in [-0.25, -0.2) is 9.68 Å². The molecule has 92 valence electrons. The molecule has 0 unspecified atom stereocenters. The lowest BCUT2D eigenvalue weighted by molar-refractivity contribution is -0.149. The first-order chi connectivity index (χ1) is 8.66. The first-order valence-electron chi connectivity index (χ1n) is 5.68. The molecule has 2 rings (SSSR count). The van der Waals surface area contributed by atoms with E-state index < -0.39 is 5.97 Å². The van der Waals surface area contributed by atoms with Gasteiger partial charge in [-0.05, 0) is 43.2 Å². The molecule has 0 saturated heterocycles. The fraction of sp³-hybridized carbons (Fsp3) is 0.133. The Bertz CT molecular complexity index is 561. The maximum absolute atomic E-state index is 11.8. The Hall–Kier alpha value is -2.29. The Morgan fingerprint density at radius 3 is 2.50 bits per heavy atom. The monoisotopic (exact) mass is 242 g/mol. The average molecular weight is 242 g/mol. The molecule has 0 fully saturated rings. The third kappa shape index (κ3) is 2.88. The van der Waals surface area contributed by atoms with Gasteiger partial charge in [0.2, 0.25) is 0 Å². The van der Waals surface area contributed by atoms with E-state index >= 15 is 0 Å². The van der Waals surface area contributed by atoms with Crippen LogP contribution in [0.1, 0.15) is 21.5 Å². The van der Waals surface area contributed by atoms with Crippen LogP contribution in [0.15, 0.2) is 48.5 Å². The molecule has 0 bridgehead atoms. The van der Waals surface area contributed by atoms with E-state index in [4.69, 9.17) is 9.78 Å². The van der Waals surface area contributed by atoms with Crippen LogP contribution in [-0.4, -0.2) is 5.97 Å². The van der Waals surface area contributed by atoms with E-state index in [0.717, 1.165) is 11.1 Å². The number of rotatable bonds is 3. The molecule has 0 aliphatic rings. The van der Waals surface area contributed by atoms with Crippen molar-refractivity contribution in [2.45, 2.75) is 13.8 Å². The molecule has 0 aliphatic carbocycles. The summed E-state index contributed by atoms with van der Waals surface area (Å²) in [7, 11) is 0. The normalized spacial score (nSPS) is 9.89. The van der Waals surface area contributed by atoms with Crippen molar-refractivity contribution in [3.8, 4) is 5.75 Å². The van der Waals surface area contributed by atoms with E-state index in [-0.39, 0.29) is 0 Å². The number of hydrogen-bond donors (Lipinski definition) is 0. The molecule has 2 aromatic rings. The van der Waals surface area contributed by atoms with Crippen molar-refractivity contribution in [3.05, 3.63) is 65.2 Å². The molecule has 0 spiro atoms. The minimum Gasteiger partial charge on any atom is -0.287 e. The molecule has 2 aromatic carbocycles. The van der Waals surface area contributed by atoms with Gasteiger partial charge in [-0.15, -0.1) is 0 Å². The van der Waals surface area contributed by atoms with Gasteiger partial charge in [-0.2, -0.15) is 0 Å². The molecule has 18 heavy (non-hydrogen) atoms. The van der Waals surface area contributed by atoms with Crippen LogP contribution in [0.4, 0.5) is 0 Å². The highest BCUT2D eigenvalue weighted by molar-refractivity contribution is 5.90. The van der Waals surface area contributed by atoms with Crippen LogP contribution in [0.5, 0.6) is 5.75 Å². The van der Waals surface area contributed by atoms with Crippen LogP contribution in [0.2, 0.25) is 0 Å². The van der Waals surface area contributed by atoms with E-state index in [1.807, 2.05) is 38.1 Å². The van der Waals surface area contributed by atoms with Crippen molar-refractivity contribution in [3.63, 3.8) is 0 Å². The van der Waals surface area contributed by atoms with Gasteiger partial charge in [-0.1, -0.05) is 30.3 Å². The minimum atomic E-state index is -0.491. The molecule has 0 N–H and O–H groups in total. The second-order valence-electron chi connectivity index (χ2n) is 4.09. The second kappa shape index (κ2) is 5.36. The minimum absolute atomic E-state index is 0.491. The molecule has 0 saturated carbocycles. The van der Waals surface area contributed by atoms with Crippen molar-refractivity contribution in [1.29, 1.82) is 0 Å². The summed E-state index contributed by atoms with van der Waals surface area (Å²) in [4.78, 5) is 21.6. The first kappa shape index (κ1) is 12.2. The van der Waals surface area contributed by atoms with Crippen LogP contribution in [0.3, 0.4) is 0 Å². The molecule has 0 amide bonds. The van der Waals surface area contributed by atoms with Gasteiger partial charge in [0.25, 0.3) is 0 Å². The van der Waals surface area contributed by atoms with Crippen LogP contribution >= 0.6 is 0 Å². The van der Waals surface area contributed by atoms with Gasteiger partial charge in [-0.3, -0.25) is 4.89 Å². The lowest BCUT2D eigenvalue weighted by Crippen LogP contribution is -2.09. The molecular weight excluding hydrogens is 228 g/mol. The summed E-state index contributed by atoms with van der Waals surface area (Å²) in [6.45, 7) is 3.79. The highest BCUT2D eigenvalue weighted by Gasteiger charge is 2.11. The number of carbonyl (C=O) groups excluding carboxylic acids is 1. The zero-order chi connectivity index (χ0) is 13.0. The Balaban J connectivity index is 2.03. The molecule has 3 nitrogen and oxygen atoms in total. The summed E-state index contributed by atoms with van der Waals surface area (Å²) in [6.07, 6.45) is 0. The standard InChI is InChI=1S/C15H14O3/c1-11-6-5-8-13(10-11)17-18-15(16)14-9-4-3-7-12(14)2/h3-10H,1-2H3. The van der Waals surface area contributed by atoms with Crippen LogP contribution < -0.4 is 4.89 Å². The maximum Gasteiger partial charge on any atom is 0.386 e. The fourth-order valence-corrected chi connectivity index (χ4v) is 1.60. The van der Waals surface area contributed by atoms with Crippen LogP contribution in [0.25, 0.3) is 0 Å². The summed E-state index contributed by atoms with van der Waals surface area (Å²) >= 11 is 0. The Morgan fingerprint density at radius 2 is 1.78 bits per heavy atom. The largest absolute Gasteiger partial charge is 0.386 e. The van der Waals surface area contributed by atoms with E-state index in [1.54, 1.807) is 24.3 Å². The molecule has 0 atom stereocenters. The van der Waals surface area contributed by atoms with Crippen molar-refractivity contribution >= 4 is 5.97 Å². The molecule has 0 aliphatic heterocycles. The summed E-state index contributed by atoms with van der Waals surface area (Å²) in [5.41, 5.74) is 2.40. The topological polar surface area (TPSA) is 35.5 Å². The predicted molar refractivity (Wildman–Crippen MR) is 68.4 cm³/mol. The smallest absolute Gasteiger partial charge is 0.287 e. The molecular formula is C15H14O3. The lowest BCUT2D eigenvalue weighted by Gasteiger charge is -2.06. The van der Waals surface area contributed by atoms with Crippen molar-refractivity contribution in [2.75, 3.05) is 0 Å². The van der Waals surface area contributed by atoms with Crippen molar-refractivity contribution in [1.82, 2.24) is 0 Å². The molecule has 0 radical (unpaired) electrons. The van der Waals surface area contributed by atoms with Gasteiger partial charge >= 0.3 is 5.97 Å². The van der Waals surface area contributed by atoms with Crippen molar-refractivity contribution in [2.24, 2.45) is 0 Å². The van der Waals surface area contributed by atoms with Crippen LogP contribution in [0, 0.1) is 13.8 Å². The van der Waals surface area contributed by atoms with Gasteiger partial charge in [0, 0.05) is 0 Å². The Labute approximate surface area is 106 Å². The molecule has 3 heteroatoms. The number of carbonyl (C=O) groups is 1. The van der Waals surface area contributed by atoms with E-state index in [1.165, 1.54) is 0 Å². The number of hydrogen-bond acceptors (Lipinski definition) is 3. The quantitative estimate of drug-likeness (QED) is 0.610. The summed E-state index contributed by atoms with van der Waals surface area (Å²) in [5, 5.41) is 0.